The van der Waals surface area contributed by atoms with Crippen molar-refractivity contribution in [1.29, 1.82) is 0 Å². The van der Waals surface area contributed by atoms with E-state index >= 15 is 0 Å². The van der Waals surface area contributed by atoms with Gasteiger partial charge in [-0.15, -0.1) is 0 Å². The van der Waals surface area contributed by atoms with Gasteiger partial charge < -0.3 is 15.0 Å². The number of aromatic amines is 1. The van der Waals surface area contributed by atoms with Gasteiger partial charge in [0.05, 0.1) is 5.56 Å². The number of ketones is 1. The van der Waals surface area contributed by atoms with Crippen LogP contribution in [-0.4, -0.2) is 22.0 Å². The zero-order valence-electron chi connectivity index (χ0n) is 19.5. The van der Waals surface area contributed by atoms with Crippen molar-refractivity contribution < 1.29 is 9.53 Å². The fraction of sp³-hybridized carbons (Fsp3) is 0.296. The molecule has 1 aromatic heterocycles. The quantitative estimate of drug-likeness (QED) is 0.388. The summed E-state index contributed by atoms with van der Waals surface area (Å²) in [5.74, 6) is 0.876. The van der Waals surface area contributed by atoms with E-state index in [1.54, 1.807) is 0 Å². The number of anilines is 1. The van der Waals surface area contributed by atoms with Gasteiger partial charge in [-0.2, -0.15) is 0 Å². The molecule has 0 amide bonds. The Bertz CT molecular complexity index is 1330. The van der Waals surface area contributed by atoms with Crippen LogP contribution in [-0.2, 0) is 11.4 Å². The van der Waals surface area contributed by atoms with E-state index in [1.165, 1.54) is 11.8 Å². The van der Waals surface area contributed by atoms with E-state index in [2.05, 4.69) is 29.1 Å². The van der Waals surface area contributed by atoms with E-state index in [4.69, 9.17) is 4.74 Å². The third-order valence-electron chi connectivity index (χ3n) is 6.36. The normalized spacial score (nSPS) is 18.7. The number of rotatable bonds is 5. The van der Waals surface area contributed by atoms with Crippen LogP contribution >= 0.6 is 11.8 Å². The predicted octanol–water partition coefficient (Wildman–Crippen LogP) is 5.27. The Morgan fingerprint density at radius 3 is 2.50 bits per heavy atom. The van der Waals surface area contributed by atoms with Gasteiger partial charge in [-0.3, -0.25) is 9.59 Å². The van der Waals surface area contributed by atoms with Crippen LogP contribution < -0.4 is 15.6 Å². The van der Waals surface area contributed by atoms with Crippen molar-refractivity contribution in [1.82, 2.24) is 9.97 Å². The number of H-pyrrole nitrogens is 1. The largest absolute Gasteiger partial charge is 0.489 e. The Labute approximate surface area is 202 Å². The Balaban J connectivity index is 1.54. The summed E-state index contributed by atoms with van der Waals surface area (Å²) in [6.07, 6.45) is 3.05. The van der Waals surface area contributed by atoms with Crippen LogP contribution in [0.3, 0.4) is 0 Å². The molecule has 2 aliphatic rings. The third kappa shape index (κ3) is 4.28. The number of thioether (sulfide) groups is 1. The number of nitrogens with zero attached hydrogens (tertiary/aromatic N) is 1. The van der Waals surface area contributed by atoms with Gasteiger partial charge in [-0.25, -0.2) is 4.98 Å². The highest BCUT2D eigenvalue weighted by atomic mass is 32.2. The van der Waals surface area contributed by atoms with Crippen molar-refractivity contribution in [2.24, 2.45) is 5.41 Å². The first kappa shape index (κ1) is 22.5. The van der Waals surface area contributed by atoms with Crippen LogP contribution in [0.1, 0.15) is 49.3 Å². The number of allylic oxidation sites excluding steroid dienone is 2. The summed E-state index contributed by atoms with van der Waals surface area (Å²) < 4.78 is 5.94. The molecule has 0 radical (unpaired) electrons. The fourth-order valence-corrected chi connectivity index (χ4v) is 5.20. The maximum atomic E-state index is 13.3. The molecule has 0 saturated heterocycles. The second-order valence-electron chi connectivity index (χ2n) is 9.57. The molecule has 174 valence electrons. The minimum absolute atomic E-state index is 0.0761. The molecule has 2 N–H and O–H groups in total. The molecule has 1 aliphatic heterocycles. The Kier molecular flexibility index (Phi) is 5.81. The third-order valence-corrected chi connectivity index (χ3v) is 6.94. The molecule has 0 unspecified atom stereocenters. The standard InChI is InChI=1S/C27H27N3O3S/c1-27(2)13-19-22(20(31)14-27)21(23-24(28-19)29-26(34-3)30-25(23)32)17-9-11-18(12-10-17)33-15-16-7-5-4-6-8-16/h4-12,21H,13-15H2,1-3H3,(H2,28,29,30,32)/t21-/m0/s1. The van der Waals surface area contributed by atoms with Crippen molar-refractivity contribution in [3.8, 4) is 5.75 Å². The summed E-state index contributed by atoms with van der Waals surface area (Å²) in [4.78, 5) is 34.0. The van der Waals surface area contributed by atoms with Crippen molar-refractivity contribution >= 4 is 23.4 Å². The van der Waals surface area contributed by atoms with Crippen LogP contribution in [0.4, 0.5) is 5.82 Å². The highest BCUT2D eigenvalue weighted by molar-refractivity contribution is 7.98. The molecule has 3 aromatic rings. The number of benzene rings is 2. The Hall–Kier alpha value is -3.32. The predicted molar refractivity (Wildman–Crippen MR) is 134 cm³/mol. The lowest BCUT2D eigenvalue weighted by atomic mass is 9.69. The number of hydrogen-bond acceptors (Lipinski definition) is 6. The number of ether oxygens (including phenoxy) is 1. The van der Waals surface area contributed by atoms with Gasteiger partial charge in [-0.1, -0.05) is 68.1 Å². The smallest absolute Gasteiger partial charge is 0.257 e. The molecule has 34 heavy (non-hydrogen) atoms. The monoisotopic (exact) mass is 473 g/mol. The lowest BCUT2D eigenvalue weighted by Gasteiger charge is -2.38. The molecule has 2 aromatic carbocycles. The van der Waals surface area contributed by atoms with Crippen LogP contribution in [0.2, 0.25) is 0 Å². The van der Waals surface area contributed by atoms with Gasteiger partial charge in [0.15, 0.2) is 10.9 Å². The van der Waals surface area contributed by atoms with Crippen LogP contribution in [0.5, 0.6) is 5.75 Å². The molecule has 2 heterocycles. The zero-order chi connectivity index (χ0) is 23.9. The number of aromatic nitrogens is 2. The molecule has 0 bridgehead atoms. The van der Waals surface area contributed by atoms with Gasteiger partial charge in [0.1, 0.15) is 18.2 Å². The van der Waals surface area contributed by atoms with E-state index in [9.17, 15) is 9.59 Å². The first-order chi connectivity index (χ1) is 16.3. The topological polar surface area (TPSA) is 84.1 Å². The molecular weight excluding hydrogens is 446 g/mol. The minimum Gasteiger partial charge on any atom is -0.489 e. The molecule has 6 nitrogen and oxygen atoms in total. The van der Waals surface area contributed by atoms with E-state index in [1.807, 2.05) is 60.9 Å². The molecule has 0 spiro atoms. The number of hydrogen-bond donors (Lipinski definition) is 2. The number of fused-ring (bicyclic) bond motifs is 1. The van der Waals surface area contributed by atoms with Gasteiger partial charge >= 0.3 is 0 Å². The molecule has 5 rings (SSSR count). The first-order valence-electron chi connectivity index (χ1n) is 11.3. The van der Waals surface area contributed by atoms with Crippen LogP contribution in [0, 0.1) is 5.41 Å². The molecule has 0 saturated carbocycles. The number of carbonyl (C=O) groups excluding carboxylic acids is 1. The maximum Gasteiger partial charge on any atom is 0.257 e. The van der Waals surface area contributed by atoms with E-state index in [0.29, 0.717) is 35.1 Å². The highest BCUT2D eigenvalue weighted by Crippen LogP contribution is 2.47. The van der Waals surface area contributed by atoms with Crippen molar-refractivity contribution in [3.05, 3.63) is 92.9 Å². The van der Waals surface area contributed by atoms with Gasteiger partial charge in [0.25, 0.3) is 5.56 Å². The molecule has 1 aliphatic carbocycles. The Morgan fingerprint density at radius 2 is 1.79 bits per heavy atom. The summed E-state index contributed by atoms with van der Waals surface area (Å²) in [6.45, 7) is 4.66. The average Bonchev–Trinajstić information content (AvgIpc) is 2.81. The first-order valence-corrected chi connectivity index (χ1v) is 12.6. The molecule has 7 heteroatoms. The van der Waals surface area contributed by atoms with Gasteiger partial charge in [0, 0.05) is 23.6 Å². The SMILES string of the molecule is CSc1nc2c(c(=O)[nH]1)[C@@H](c1ccc(OCc3ccccc3)cc1)C1=C(CC(C)(C)CC1=O)N2. The van der Waals surface area contributed by atoms with E-state index in [-0.39, 0.29) is 16.8 Å². The van der Waals surface area contributed by atoms with Crippen molar-refractivity contribution in [2.75, 3.05) is 11.6 Å². The van der Waals surface area contributed by atoms with Crippen LogP contribution in [0.15, 0.2) is 75.8 Å². The zero-order valence-corrected chi connectivity index (χ0v) is 20.3. The average molecular weight is 474 g/mol. The van der Waals surface area contributed by atoms with Crippen molar-refractivity contribution in [3.63, 3.8) is 0 Å². The number of Topliss-reactive ketones (excluding diaryl/α,β-unsaturated/α-hetero) is 1. The molecule has 1 atom stereocenters. The number of nitrogens with one attached hydrogen (secondary N) is 2. The number of carbonyl (C=O) groups is 1. The summed E-state index contributed by atoms with van der Waals surface area (Å²) in [6, 6.07) is 17.7. The fourth-order valence-electron chi connectivity index (χ4n) is 4.82. The van der Waals surface area contributed by atoms with Gasteiger partial charge in [0.2, 0.25) is 0 Å². The summed E-state index contributed by atoms with van der Waals surface area (Å²) >= 11 is 1.38. The molecular formula is C27H27N3O3S. The molecule has 0 fully saturated rings. The van der Waals surface area contributed by atoms with E-state index in [0.717, 1.165) is 29.0 Å². The second-order valence-corrected chi connectivity index (χ2v) is 10.4. The summed E-state index contributed by atoms with van der Waals surface area (Å²) in [5, 5.41) is 3.89. The van der Waals surface area contributed by atoms with E-state index < -0.39 is 5.92 Å². The lowest BCUT2D eigenvalue weighted by molar-refractivity contribution is -0.118. The highest BCUT2D eigenvalue weighted by Gasteiger charge is 2.42. The van der Waals surface area contributed by atoms with Gasteiger partial charge in [-0.05, 0) is 41.4 Å². The Morgan fingerprint density at radius 1 is 1.06 bits per heavy atom. The van der Waals surface area contributed by atoms with Crippen molar-refractivity contribution in [2.45, 2.75) is 44.4 Å². The lowest BCUT2D eigenvalue weighted by Crippen LogP contribution is -2.37. The minimum atomic E-state index is -0.467. The summed E-state index contributed by atoms with van der Waals surface area (Å²) in [7, 11) is 0. The summed E-state index contributed by atoms with van der Waals surface area (Å²) in [5.41, 5.74) is 3.63. The van der Waals surface area contributed by atoms with Crippen LogP contribution in [0.25, 0.3) is 0 Å². The maximum absolute atomic E-state index is 13.3. The second kappa shape index (κ2) is 8.80.